The number of carbonyl (C=O) groups excluding carboxylic acids is 1. The minimum atomic E-state index is -0.940. The fraction of sp³-hybridized carbons (Fsp3) is 0.818. The van der Waals surface area contributed by atoms with Crippen molar-refractivity contribution in [1.82, 2.24) is 0 Å². The molecular formula is C11H18O5. The Hall–Kier alpha value is -0.940. The first kappa shape index (κ1) is 13.1. The van der Waals surface area contributed by atoms with Gasteiger partial charge >= 0.3 is 5.97 Å². The van der Waals surface area contributed by atoms with Crippen LogP contribution in [0.15, 0.2) is 0 Å². The minimum absolute atomic E-state index is 0.0543. The third kappa shape index (κ3) is 4.72. The lowest BCUT2D eigenvalue weighted by Gasteiger charge is -2.33. The van der Waals surface area contributed by atoms with E-state index in [4.69, 9.17) is 14.6 Å². The number of aliphatic carboxylic acids is 1. The fourth-order valence-electron chi connectivity index (χ4n) is 1.56. The van der Waals surface area contributed by atoms with E-state index in [0.717, 1.165) is 6.42 Å². The molecule has 1 aliphatic heterocycles. The molecule has 1 fully saturated rings. The molecule has 0 spiro atoms. The lowest BCUT2D eigenvalue weighted by Crippen LogP contribution is -2.37. The highest BCUT2D eigenvalue weighted by Crippen LogP contribution is 2.23. The molecule has 0 saturated carbocycles. The van der Waals surface area contributed by atoms with Gasteiger partial charge in [0.2, 0.25) is 0 Å². The van der Waals surface area contributed by atoms with Crippen molar-refractivity contribution in [1.29, 1.82) is 0 Å². The van der Waals surface area contributed by atoms with E-state index < -0.39 is 11.8 Å². The van der Waals surface area contributed by atoms with Crippen LogP contribution in [-0.2, 0) is 19.1 Å². The van der Waals surface area contributed by atoms with E-state index in [0.29, 0.717) is 26.1 Å². The average Bonchev–Trinajstić information content (AvgIpc) is 2.25. The molecule has 0 aliphatic carbocycles. The first-order valence-corrected chi connectivity index (χ1v) is 5.53. The zero-order valence-electron chi connectivity index (χ0n) is 9.53. The standard InChI is InChI=1S/C11H18O5/c1-11(15-7-2-8-16-11)6-5-9(12)3-4-10(13)14/h2-8H2,1H3,(H,13,14). The molecule has 0 aromatic carbocycles. The molecule has 1 rings (SSSR count). The average molecular weight is 230 g/mol. The van der Waals surface area contributed by atoms with Crippen molar-refractivity contribution >= 4 is 11.8 Å². The Bertz CT molecular complexity index is 255. The van der Waals surface area contributed by atoms with Crippen molar-refractivity contribution in [2.24, 2.45) is 0 Å². The highest BCUT2D eigenvalue weighted by molar-refractivity contribution is 5.82. The van der Waals surface area contributed by atoms with Gasteiger partial charge in [0.05, 0.1) is 19.6 Å². The number of hydrogen-bond acceptors (Lipinski definition) is 4. The molecule has 0 bridgehead atoms. The summed E-state index contributed by atoms with van der Waals surface area (Å²) in [6.07, 6.45) is 1.67. The van der Waals surface area contributed by atoms with Crippen LogP contribution in [0, 0.1) is 0 Å². The van der Waals surface area contributed by atoms with Gasteiger partial charge in [-0.1, -0.05) is 0 Å². The molecule has 0 aromatic heterocycles. The lowest BCUT2D eigenvalue weighted by molar-refractivity contribution is -0.258. The van der Waals surface area contributed by atoms with Gasteiger partial charge in [-0.15, -0.1) is 0 Å². The molecule has 1 saturated heterocycles. The summed E-state index contributed by atoms with van der Waals surface area (Å²) < 4.78 is 10.9. The third-order valence-corrected chi connectivity index (χ3v) is 2.58. The van der Waals surface area contributed by atoms with E-state index >= 15 is 0 Å². The largest absolute Gasteiger partial charge is 0.481 e. The smallest absolute Gasteiger partial charge is 0.303 e. The maximum Gasteiger partial charge on any atom is 0.303 e. The van der Waals surface area contributed by atoms with Crippen LogP contribution in [0.5, 0.6) is 0 Å². The number of ether oxygens (including phenoxy) is 2. The Kier molecular flexibility index (Phi) is 4.89. The van der Waals surface area contributed by atoms with Gasteiger partial charge < -0.3 is 14.6 Å². The number of rotatable bonds is 6. The van der Waals surface area contributed by atoms with Crippen molar-refractivity contribution in [3.8, 4) is 0 Å². The van der Waals surface area contributed by atoms with Gasteiger partial charge in [-0.25, -0.2) is 0 Å². The quantitative estimate of drug-likeness (QED) is 0.745. The van der Waals surface area contributed by atoms with Gasteiger partial charge in [0, 0.05) is 19.3 Å². The van der Waals surface area contributed by atoms with Crippen LogP contribution in [0.3, 0.4) is 0 Å². The highest BCUT2D eigenvalue weighted by atomic mass is 16.7. The van der Waals surface area contributed by atoms with E-state index in [9.17, 15) is 9.59 Å². The molecule has 0 unspecified atom stereocenters. The Labute approximate surface area is 94.7 Å². The first-order valence-electron chi connectivity index (χ1n) is 5.53. The molecule has 0 amide bonds. The van der Waals surface area contributed by atoms with Gasteiger partial charge in [-0.05, 0) is 13.3 Å². The van der Waals surface area contributed by atoms with E-state index in [1.54, 1.807) is 0 Å². The van der Waals surface area contributed by atoms with Gasteiger partial charge in [-0.2, -0.15) is 0 Å². The van der Waals surface area contributed by atoms with Crippen LogP contribution < -0.4 is 0 Å². The molecule has 1 N–H and O–H groups in total. The first-order chi connectivity index (χ1) is 7.52. The van der Waals surface area contributed by atoms with Crippen LogP contribution >= 0.6 is 0 Å². The van der Waals surface area contributed by atoms with Gasteiger partial charge in [0.15, 0.2) is 5.79 Å². The van der Waals surface area contributed by atoms with Gasteiger partial charge in [0.1, 0.15) is 5.78 Å². The molecule has 92 valence electrons. The Morgan fingerprint density at radius 3 is 2.38 bits per heavy atom. The normalized spacial score (nSPS) is 19.3. The van der Waals surface area contributed by atoms with Crippen molar-refractivity contribution in [2.75, 3.05) is 13.2 Å². The SMILES string of the molecule is CC1(CCC(=O)CCC(=O)O)OCCCO1. The lowest BCUT2D eigenvalue weighted by atomic mass is 10.1. The maximum atomic E-state index is 11.4. The van der Waals surface area contributed by atoms with Crippen molar-refractivity contribution < 1.29 is 24.2 Å². The van der Waals surface area contributed by atoms with Crippen LogP contribution in [0.25, 0.3) is 0 Å². The summed E-state index contributed by atoms with van der Waals surface area (Å²) >= 11 is 0. The molecule has 1 aliphatic rings. The summed E-state index contributed by atoms with van der Waals surface area (Å²) in [5.41, 5.74) is 0. The van der Waals surface area contributed by atoms with E-state index in [1.807, 2.05) is 6.92 Å². The number of hydrogen-bond donors (Lipinski definition) is 1. The summed E-state index contributed by atoms with van der Waals surface area (Å²) in [5, 5.41) is 8.43. The molecule has 16 heavy (non-hydrogen) atoms. The van der Waals surface area contributed by atoms with Crippen molar-refractivity contribution in [3.05, 3.63) is 0 Å². The predicted octanol–water partition coefficient (Wildman–Crippen LogP) is 1.35. The second-order valence-electron chi connectivity index (χ2n) is 4.12. The van der Waals surface area contributed by atoms with Crippen LogP contribution in [0.1, 0.15) is 39.0 Å². The van der Waals surface area contributed by atoms with Gasteiger partial charge in [-0.3, -0.25) is 9.59 Å². The molecule has 0 radical (unpaired) electrons. The summed E-state index contributed by atoms with van der Waals surface area (Å²) in [6, 6.07) is 0. The molecule has 5 heteroatoms. The third-order valence-electron chi connectivity index (χ3n) is 2.58. The summed E-state index contributed by atoms with van der Waals surface area (Å²) in [7, 11) is 0. The zero-order chi connectivity index (χ0) is 12.0. The van der Waals surface area contributed by atoms with Crippen LogP contribution in [-0.4, -0.2) is 35.9 Å². The zero-order valence-corrected chi connectivity index (χ0v) is 9.53. The Morgan fingerprint density at radius 1 is 1.19 bits per heavy atom. The van der Waals surface area contributed by atoms with Crippen LogP contribution in [0.2, 0.25) is 0 Å². The summed E-state index contributed by atoms with van der Waals surface area (Å²) in [6.45, 7) is 3.12. The molecule has 0 aromatic rings. The molecular weight excluding hydrogens is 212 g/mol. The highest BCUT2D eigenvalue weighted by Gasteiger charge is 2.29. The number of carboxylic acids is 1. The summed E-state index contributed by atoms with van der Waals surface area (Å²) in [5.74, 6) is -1.66. The molecule has 1 heterocycles. The Morgan fingerprint density at radius 2 is 1.81 bits per heavy atom. The number of carboxylic acid groups (broad SMARTS) is 1. The van der Waals surface area contributed by atoms with E-state index in [1.165, 1.54) is 0 Å². The van der Waals surface area contributed by atoms with E-state index in [-0.39, 0.29) is 18.6 Å². The van der Waals surface area contributed by atoms with Gasteiger partial charge in [0.25, 0.3) is 0 Å². The number of carbonyl (C=O) groups is 2. The second-order valence-corrected chi connectivity index (χ2v) is 4.12. The molecule has 5 nitrogen and oxygen atoms in total. The summed E-state index contributed by atoms with van der Waals surface area (Å²) in [4.78, 5) is 21.6. The minimum Gasteiger partial charge on any atom is -0.481 e. The van der Waals surface area contributed by atoms with Crippen LogP contribution in [0.4, 0.5) is 0 Å². The van der Waals surface area contributed by atoms with Crippen molar-refractivity contribution in [2.45, 2.75) is 44.8 Å². The number of ketones is 1. The topological polar surface area (TPSA) is 72.8 Å². The molecule has 0 atom stereocenters. The monoisotopic (exact) mass is 230 g/mol. The maximum absolute atomic E-state index is 11.4. The van der Waals surface area contributed by atoms with Crippen molar-refractivity contribution in [3.63, 3.8) is 0 Å². The fourth-order valence-corrected chi connectivity index (χ4v) is 1.56. The number of Topliss-reactive ketones (excluding diaryl/α,β-unsaturated/α-hetero) is 1. The Balaban J connectivity index is 2.22. The second kappa shape index (κ2) is 5.96. The van der Waals surface area contributed by atoms with E-state index in [2.05, 4.69) is 0 Å². The predicted molar refractivity (Wildman–Crippen MR) is 56.0 cm³/mol.